The van der Waals surface area contributed by atoms with E-state index in [9.17, 15) is 8.42 Å². The summed E-state index contributed by atoms with van der Waals surface area (Å²) in [5.41, 5.74) is 1.35. The third kappa shape index (κ3) is 8.05. The molecular formula is C21H37IN4O2S. The van der Waals surface area contributed by atoms with Gasteiger partial charge in [0.25, 0.3) is 0 Å². The summed E-state index contributed by atoms with van der Waals surface area (Å²) in [6.07, 6.45) is 2.08. The first-order chi connectivity index (χ1) is 13.1. The Bertz CT molecular complexity index is 748. The highest BCUT2D eigenvalue weighted by Crippen LogP contribution is 2.20. The van der Waals surface area contributed by atoms with Gasteiger partial charge in [-0.15, -0.1) is 24.0 Å². The zero-order valence-electron chi connectivity index (χ0n) is 18.3. The highest BCUT2D eigenvalue weighted by atomic mass is 127. The first-order valence-electron chi connectivity index (χ1n) is 10.1. The molecule has 1 heterocycles. The van der Waals surface area contributed by atoms with Crippen LogP contribution in [-0.2, 0) is 16.4 Å². The van der Waals surface area contributed by atoms with Crippen molar-refractivity contribution in [2.45, 2.75) is 63.9 Å². The lowest BCUT2D eigenvalue weighted by molar-refractivity contribution is 0.134. The second-order valence-corrected chi connectivity index (χ2v) is 11.5. The van der Waals surface area contributed by atoms with E-state index in [2.05, 4.69) is 57.8 Å². The van der Waals surface area contributed by atoms with Gasteiger partial charge in [-0.1, -0.05) is 30.3 Å². The quantitative estimate of drug-likeness (QED) is 0.332. The smallest absolute Gasteiger partial charge is 0.191 e. The SMILES string of the molecule is CN=C(NCCS(=O)(=O)C(C)(C)C)NC1CCN(Cc2ccccc2)C(C)C1.I. The van der Waals surface area contributed by atoms with E-state index in [4.69, 9.17) is 0 Å². The lowest BCUT2D eigenvalue weighted by Gasteiger charge is -2.38. The maximum absolute atomic E-state index is 12.2. The van der Waals surface area contributed by atoms with Crippen molar-refractivity contribution in [2.24, 2.45) is 4.99 Å². The van der Waals surface area contributed by atoms with Crippen LogP contribution >= 0.6 is 24.0 Å². The molecule has 0 amide bonds. The number of hydrogen-bond donors (Lipinski definition) is 2. The van der Waals surface area contributed by atoms with Crippen molar-refractivity contribution in [1.29, 1.82) is 0 Å². The van der Waals surface area contributed by atoms with Crippen molar-refractivity contribution in [3.8, 4) is 0 Å². The summed E-state index contributed by atoms with van der Waals surface area (Å²) < 4.78 is 23.7. The fourth-order valence-corrected chi connectivity index (χ4v) is 4.39. The molecule has 0 saturated carbocycles. The van der Waals surface area contributed by atoms with Crippen LogP contribution in [0.4, 0.5) is 0 Å². The summed E-state index contributed by atoms with van der Waals surface area (Å²) in [6.45, 7) is 9.85. The van der Waals surface area contributed by atoms with Gasteiger partial charge < -0.3 is 10.6 Å². The van der Waals surface area contributed by atoms with E-state index in [0.29, 0.717) is 24.6 Å². The maximum Gasteiger partial charge on any atom is 0.191 e. The molecule has 0 bridgehead atoms. The molecule has 2 rings (SSSR count). The molecule has 1 aromatic carbocycles. The van der Waals surface area contributed by atoms with E-state index in [-0.39, 0.29) is 29.7 Å². The summed E-state index contributed by atoms with van der Waals surface area (Å²) in [7, 11) is -1.41. The standard InChI is InChI=1S/C21H36N4O2S.HI/c1-17-15-19(11-13-25(17)16-18-9-7-6-8-10-18)24-20(22-5)23-12-14-28(26,27)21(2,3)4;/h6-10,17,19H,11-16H2,1-5H3,(H2,22,23,24);1H. The minimum Gasteiger partial charge on any atom is -0.355 e. The van der Waals surface area contributed by atoms with Crippen LogP contribution in [0.3, 0.4) is 0 Å². The van der Waals surface area contributed by atoms with Crippen LogP contribution < -0.4 is 10.6 Å². The highest BCUT2D eigenvalue weighted by molar-refractivity contribution is 14.0. The van der Waals surface area contributed by atoms with Crippen LogP contribution in [0.1, 0.15) is 46.1 Å². The first kappa shape index (κ1) is 26.2. The second kappa shape index (κ2) is 11.5. The molecular weight excluding hydrogens is 499 g/mol. The van der Waals surface area contributed by atoms with E-state index in [1.807, 2.05) is 0 Å². The zero-order chi connectivity index (χ0) is 20.8. The zero-order valence-corrected chi connectivity index (χ0v) is 21.5. The van der Waals surface area contributed by atoms with E-state index >= 15 is 0 Å². The van der Waals surface area contributed by atoms with E-state index in [1.54, 1.807) is 27.8 Å². The third-order valence-electron chi connectivity index (χ3n) is 5.40. The average molecular weight is 537 g/mol. The van der Waals surface area contributed by atoms with Crippen LogP contribution in [0.2, 0.25) is 0 Å². The molecule has 6 nitrogen and oxygen atoms in total. The van der Waals surface area contributed by atoms with Crippen LogP contribution in [0.15, 0.2) is 35.3 Å². The minimum absolute atomic E-state index is 0. The molecule has 1 aliphatic heterocycles. The van der Waals surface area contributed by atoms with Crippen molar-refractivity contribution in [1.82, 2.24) is 15.5 Å². The molecule has 1 aliphatic rings. The fourth-order valence-electron chi connectivity index (χ4n) is 3.40. The number of sulfone groups is 1. The Hall–Kier alpha value is -0.870. The Kier molecular flexibility index (Phi) is 10.4. The molecule has 1 aromatic rings. The van der Waals surface area contributed by atoms with Gasteiger partial charge in [0, 0.05) is 38.8 Å². The Morgan fingerprint density at radius 1 is 1.24 bits per heavy atom. The summed E-state index contributed by atoms with van der Waals surface area (Å²) in [5.74, 6) is 0.779. The van der Waals surface area contributed by atoms with Crippen LogP contribution in [0, 0.1) is 0 Å². The Labute approximate surface area is 193 Å². The van der Waals surface area contributed by atoms with Gasteiger partial charge in [0.15, 0.2) is 15.8 Å². The van der Waals surface area contributed by atoms with Crippen molar-refractivity contribution in [3.63, 3.8) is 0 Å². The van der Waals surface area contributed by atoms with Gasteiger partial charge >= 0.3 is 0 Å². The number of rotatable bonds is 6. The summed E-state index contributed by atoms with van der Waals surface area (Å²) in [6, 6.07) is 11.4. The molecule has 0 radical (unpaired) electrons. The van der Waals surface area contributed by atoms with Crippen molar-refractivity contribution in [2.75, 3.05) is 25.9 Å². The van der Waals surface area contributed by atoms with Gasteiger partial charge in [0.1, 0.15) is 0 Å². The number of hydrogen-bond acceptors (Lipinski definition) is 4. The third-order valence-corrected chi connectivity index (χ3v) is 8.01. The Morgan fingerprint density at radius 2 is 1.90 bits per heavy atom. The molecule has 166 valence electrons. The number of guanidine groups is 1. The summed E-state index contributed by atoms with van der Waals surface area (Å²) in [4.78, 5) is 6.78. The molecule has 0 aromatic heterocycles. The molecule has 1 saturated heterocycles. The number of nitrogens with one attached hydrogen (secondary N) is 2. The number of benzene rings is 1. The fraction of sp³-hybridized carbons (Fsp3) is 0.667. The number of aliphatic imine (C=N–C) groups is 1. The van der Waals surface area contributed by atoms with Crippen molar-refractivity contribution >= 4 is 39.8 Å². The Balaban J connectivity index is 0.00000420. The minimum atomic E-state index is -3.13. The van der Waals surface area contributed by atoms with Gasteiger partial charge in [-0.25, -0.2) is 8.42 Å². The predicted molar refractivity (Wildman–Crippen MR) is 133 cm³/mol. The number of halogens is 1. The van der Waals surface area contributed by atoms with E-state index < -0.39 is 14.6 Å². The molecule has 1 fully saturated rings. The van der Waals surface area contributed by atoms with Crippen LogP contribution in [0.25, 0.3) is 0 Å². The highest BCUT2D eigenvalue weighted by Gasteiger charge is 2.29. The first-order valence-corrected chi connectivity index (χ1v) is 11.7. The van der Waals surface area contributed by atoms with Gasteiger partial charge in [-0.3, -0.25) is 9.89 Å². The monoisotopic (exact) mass is 536 g/mol. The molecule has 0 aliphatic carbocycles. The van der Waals surface area contributed by atoms with Crippen molar-refractivity contribution < 1.29 is 8.42 Å². The lowest BCUT2D eigenvalue weighted by atomic mass is 9.97. The molecule has 2 unspecified atom stereocenters. The van der Waals surface area contributed by atoms with Crippen molar-refractivity contribution in [3.05, 3.63) is 35.9 Å². The second-order valence-electron chi connectivity index (χ2n) is 8.60. The topological polar surface area (TPSA) is 73.8 Å². The number of nitrogens with zero attached hydrogens (tertiary/aromatic N) is 2. The largest absolute Gasteiger partial charge is 0.355 e. The van der Waals surface area contributed by atoms with E-state index in [1.165, 1.54) is 5.56 Å². The van der Waals surface area contributed by atoms with Gasteiger partial charge in [0.05, 0.1) is 10.5 Å². The summed E-state index contributed by atoms with van der Waals surface area (Å²) >= 11 is 0. The van der Waals surface area contributed by atoms with Crippen LogP contribution in [-0.4, -0.2) is 62.0 Å². The van der Waals surface area contributed by atoms with Gasteiger partial charge in [-0.05, 0) is 46.1 Å². The summed E-state index contributed by atoms with van der Waals surface area (Å²) in [5, 5.41) is 6.62. The maximum atomic E-state index is 12.2. The Morgan fingerprint density at radius 3 is 2.45 bits per heavy atom. The van der Waals surface area contributed by atoms with Gasteiger partial charge in [-0.2, -0.15) is 0 Å². The number of piperidine rings is 1. The van der Waals surface area contributed by atoms with Crippen LogP contribution in [0.5, 0.6) is 0 Å². The molecule has 0 spiro atoms. The predicted octanol–water partition coefficient (Wildman–Crippen LogP) is 3.04. The van der Waals surface area contributed by atoms with Gasteiger partial charge in [0.2, 0.25) is 0 Å². The average Bonchev–Trinajstić information content (AvgIpc) is 2.63. The molecule has 29 heavy (non-hydrogen) atoms. The number of likely N-dealkylation sites (tertiary alicyclic amines) is 1. The lowest BCUT2D eigenvalue weighted by Crippen LogP contribution is -2.51. The van der Waals surface area contributed by atoms with E-state index in [0.717, 1.165) is 25.9 Å². The normalized spacial score (nSPS) is 21.3. The molecule has 2 atom stereocenters. The molecule has 2 N–H and O–H groups in total. The molecule has 8 heteroatoms.